The van der Waals surface area contributed by atoms with Crippen LogP contribution in [-0.4, -0.2) is 5.91 Å². The number of furan rings is 1. The Balaban J connectivity index is 1.45. The van der Waals surface area contributed by atoms with Crippen LogP contribution in [-0.2, 0) is 6.54 Å². The minimum absolute atomic E-state index is 0.0697. The summed E-state index contributed by atoms with van der Waals surface area (Å²) in [6.45, 7) is 0.386. The minimum atomic E-state index is -0.0697. The topological polar surface area (TPSA) is 42.2 Å². The van der Waals surface area contributed by atoms with Crippen molar-refractivity contribution < 1.29 is 9.21 Å². The second-order valence-electron chi connectivity index (χ2n) is 5.11. The average molecular weight is 339 g/mol. The van der Waals surface area contributed by atoms with Crippen LogP contribution in [0.25, 0.3) is 21.4 Å². The van der Waals surface area contributed by atoms with Crippen molar-refractivity contribution in [2.45, 2.75) is 6.54 Å². The van der Waals surface area contributed by atoms with Crippen LogP contribution in [0.4, 0.5) is 0 Å². The van der Waals surface area contributed by atoms with Gasteiger partial charge in [-0.3, -0.25) is 4.79 Å². The first-order valence-electron chi connectivity index (χ1n) is 7.18. The van der Waals surface area contributed by atoms with Crippen LogP contribution in [0, 0.1) is 0 Å². The van der Waals surface area contributed by atoms with E-state index in [1.54, 1.807) is 11.3 Å². The van der Waals surface area contributed by atoms with E-state index in [9.17, 15) is 4.79 Å². The number of benzene rings is 1. The summed E-state index contributed by atoms with van der Waals surface area (Å²) < 4.78 is 6.89. The summed E-state index contributed by atoms with van der Waals surface area (Å²) in [5, 5.41) is 8.07. The molecule has 0 aliphatic carbocycles. The summed E-state index contributed by atoms with van der Waals surface area (Å²) in [5.74, 6) is 1.51. The molecule has 0 bridgehead atoms. The van der Waals surface area contributed by atoms with Gasteiger partial charge in [0, 0.05) is 15.6 Å². The van der Waals surface area contributed by atoms with Gasteiger partial charge in [-0.2, -0.15) is 11.3 Å². The molecule has 0 spiro atoms. The molecule has 23 heavy (non-hydrogen) atoms. The fourth-order valence-electron chi connectivity index (χ4n) is 2.38. The zero-order valence-corrected chi connectivity index (χ0v) is 13.7. The van der Waals surface area contributed by atoms with E-state index in [1.165, 1.54) is 11.3 Å². The molecule has 1 aromatic carbocycles. The van der Waals surface area contributed by atoms with Crippen molar-refractivity contribution in [3.63, 3.8) is 0 Å². The summed E-state index contributed by atoms with van der Waals surface area (Å²) in [5.41, 5.74) is 1.07. The molecule has 0 aliphatic rings. The van der Waals surface area contributed by atoms with Gasteiger partial charge in [0.05, 0.1) is 11.4 Å². The molecule has 0 saturated heterocycles. The predicted octanol–water partition coefficient (Wildman–Crippen LogP) is 5.15. The molecule has 114 valence electrons. The van der Waals surface area contributed by atoms with Crippen molar-refractivity contribution in [2.24, 2.45) is 0 Å². The summed E-state index contributed by atoms with van der Waals surface area (Å²) in [4.78, 5) is 13.0. The van der Waals surface area contributed by atoms with E-state index in [1.807, 2.05) is 59.3 Å². The van der Waals surface area contributed by atoms with Crippen molar-refractivity contribution in [1.82, 2.24) is 5.32 Å². The Morgan fingerprint density at radius 3 is 2.87 bits per heavy atom. The molecule has 0 atom stereocenters. The van der Waals surface area contributed by atoms with Crippen molar-refractivity contribution in [3.8, 4) is 11.3 Å². The highest BCUT2D eigenvalue weighted by Crippen LogP contribution is 2.26. The molecule has 0 fully saturated rings. The van der Waals surface area contributed by atoms with Gasteiger partial charge in [0.25, 0.3) is 5.91 Å². The molecule has 3 nitrogen and oxygen atoms in total. The highest BCUT2D eigenvalue weighted by atomic mass is 32.1. The average Bonchev–Trinajstić information content (AvgIpc) is 3.31. The zero-order valence-electron chi connectivity index (χ0n) is 12.1. The third kappa shape index (κ3) is 2.93. The Morgan fingerprint density at radius 2 is 2.04 bits per heavy atom. The molecule has 1 N–H and O–H groups in total. The van der Waals surface area contributed by atoms with Crippen molar-refractivity contribution in [1.29, 1.82) is 0 Å². The summed E-state index contributed by atoms with van der Waals surface area (Å²) >= 11 is 3.14. The van der Waals surface area contributed by atoms with Crippen LogP contribution >= 0.6 is 22.7 Å². The number of carbonyl (C=O) groups excluding carboxylic acids is 1. The first kappa shape index (κ1) is 14.2. The molecule has 5 heteroatoms. The van der Waals surface area contributed by atoms with Gasteiger partial charge >= 0.3 is 0 Å². The molecule has 3 heterocycles. The lowest BCUT2D eigenvalue weighted by Crippen LogP contribution is -2.21. The number of nitrogens with one attached hydrogen (secondary N) is 1. The van der Waals surface area contributed by atoms with E-state index in [4.69, 9.17) is 4.42 Å². The van der Waals surface area contributed by atoms with E-state index < -0.39 is 0 Å². The molecule has 0 saturated carbocycles. The van der Waals surface area contributed by atoms with Crippen LogP contribution < -0.4 is 5.32 Å². The van der Waals surface area contributed by atoms with Crippen LogP contribution in [0.3, 0.4) is 0 Å². The molecule has 3 aromatic heterocycles. The van der Waals surface area contributed by atoms with Crippen molar-refractivity contribution in [3.05, 3.63) is 69.9 Å². The zero-order chi connectivity index (χ0) is 15.6. The standard InChI is InChI=1S/C18H13NO2S2/c20-18(17-9-12-3-1-2-4-16(12)23-17)19-10-14-5-6-15(21-14)13-7-8-22-11-13/h1-9,11H,10H2,(H,19,20). The molecule has 0 unspecified atom stereocenters. The third-order valence-corrected chi connectivity index (χ3v) is 5.34. The molecule has 1 amide bonds. The number of hydrogen-bond acceptors (Lipinski definition) is 4. The number of rotatable bonds is 4. The molecule has 0 aliphatic heterocycles. The third-order valence-electron chi connectivity index (χ3n) is 3.54. The lowest BCUT2D eigenvalue weighted by molar-refractivity contribution is 0.0952. The second kappa shape index (κ2) is 6.02. The Bertz CT molecular complexity index is 917. The summed E-state index contributed by atoms with van der Waals surface area (Å²) in [6.07, 6.45) is 0. The van der Waals surface area contributed by atoms with Gasteiger partial charge in [-0.15, -0.1) is 11.3 Å². The Morgan fingerprint density at radius 1 is 1.13 bits per heavy atom. The van der Waals surface area contributed by atoms with Gasteiger partial charge in [-0.25, -0.2) is 0 Å². The van der Waals surface area contributed by atoms with Crippen LogP contribution in [0.2, 0.25) is 0 Å². The van der Waals surface area contributed by atoms with Gasteiger partial charge in [-0.05, 0) is 41.1 Å². The first-order valence-corrected chi connectivity index (χ1v) is 8.93. The lowest BCUT2D eigenvalue weighted by Gasteiger charge is -2.00. The van der Waals surface area contributed by atoms with Crippen molar-refractivity contribution in [2.75, 3.05) is 0 Å². The predicted molar refractivity (Wildman–Crippen MR) is 95.0 cm³/mol. The first-order chi connectivity index (χ1) is 11.3. The highest BCUT2D eigenvalue weighted by molar-refractivity contribution is 7.20. The monoisotopic (exact) mass is 339 g/mol. The van der Waals surface area contributed by atoms with E-state index in [-0.39, 0.29) is 5.91 Å². The van der Waals surface area contributed by atoms with Crippen LogP contribution in [0.5, 0.6) is 0 Å². The Kier molecular flexibility index (Phi) is 3.73. The van der Waals surface area contributed by atoms with Gasteiger partial charge in [0.15, 0.2) is 0 Å². The van der Waals surface area contributed by atoms with Crippen LogP contribution in [0.15, 0.2) is 63.7 Å². The second-order valence-corrected chi connectivity index (χ2v) is 6.97. The highest BCUT2D eigenvalue weighted by Gasteiger charge is 2.11. The van der Waals surface area contributed by atoms with E-state index >= 15 is 0 Å². The van der Waals surface area contributed by atoms with E-state index in [0.29, 0.717) is 6.54 Å². The van der Waals surface area contributed by atoms with Crippen molar-refractivity contribution >= 4 is 38.7 Å². The Labute approximate surface area is 141 Å². The van der Waals surface area contributed by atoms with E-state index in [0.717, 1.165) is 32.0 Å². The summed E-state index contributed by atoms with van der Waals surface area (Å²) in [7, 11) is 0. The maximum atomic E-state index is 12.3. The molecular formula is C18H13NO2S2. The number of fused-ring (bicyclic) bond motifs is 1. The maximum absolute atomic E-state index is 12.3. The molecule has 0 radical (unpaired) electrons. The van der Waals surface area contributed by atoms with Gasteiger partial charge in [-0.1, -0.05) is 18.2 Å². The fraction of sp³-hybridized carbons (Fsp3) is 0.0556. The molecule has 4 rings (SSSR count). The molecule has 4 aromatic rings. The summed E-state index contributed by atoms with van der Waals surface area (Å²) in [6, 6.07) is 15.8. The van der Waals surface area contributed by atoms with E-state index in [2.05, 4.69) is 5.32 Å². The smallest absolute Gasteiger partial charge is 0.261 e. The van der Waals surface area contributed by atoms with Crippen LogP contribution in [0.1, 0.15) is 15.4 Å². The van der Waals surface area contributed by atoms with Gasteiger partial charge in [0.2, 0.25) is 0 Å². The maximum Gasteiger partial charge on any atom is 0.261 e. The largest absolute Gasteiger partial charge is 0.459 e. The fourth-order valence-corrected chi connectivity index (χ4v) is 4.01. The number of amides is 1. The minimum Gasteiger partial charge on any atom is -0.459 e. The SMILES string of the molecule is O=C(NCc1ccc(-c2ccsc2)o1)c1cc2ccccc2s1. The van der Waals surface area contributed by atoms with Gasteiger partial charge in [0.1, 0.15) is 11.5 Å². The number of carbonyl (C=O) groups is 1. The molecular weight excluding hydrogens is 326 g/mol. The Hall–Kier alpha value is -2.37. The normalized spacial score (nSPS) is 11.0. The quantitative estimate of drug-likeness (QED) is 0.558. The van der Waals surface area contributed by atoms with Gasteiger partial charge < -0.3 is 9.73 Å². The lowest BCUT2D eigenvalue weighted by atomic mass is 10.2. The number of thiophene rings is 2. The number of hydrogen-bond donors (Lipinski definition) is 1.